The molecule has 0 spiro atoms. The Morgan fingerprint density at radius 3 is 2.37 bits per heavy atom. The molecule has 3 unspecified atom stereocenters. The van der Waals surface area contributed by atoms with Crippen LogP contribution in [0.25, 0.3) is 0 Å². The van der Waals surface area contributed by atoms with Crippen LogP contribution in [0.4, 0.5) is 8.78 Å². The fourth-order valence-electron chi connectivity index (χ4n) is 8.24. The topological polar surface area (TPSA) is 61.4 Å². The highest BCUT2D eigenvalue weighted by Crippen LogP contribution is 2.48. The number of fused-ring (bicyclic) bond motifs is 2. The van der Waals surface area contributed by atoms with Crippen molar-refractivity contribution in [3.8, 4) is 0 Å². The number of piperidine rings is 2. The molecule has 5 atom stereocenters. The molecule has 3 fully saturated rings. The van der Waals surface area contributed by atoms with E-state index in [4.69, 9.17) is 11.6 Å². The van der Waals surface area contributed by atoms with Crippen molar-refractivity contribution in [1.29, 1.82) is 0 Å². The number of carbonyl (C=O) groups excluding carboxylic acids is 2. The highest BCUT2D eigenvalue weighted by Gasteiger charge is 2.47. The van der Waals surface area contributed by atoms with Gasteiger partial charge in [-0.15, -0.1) is 12.4 Å². The number of carbonyl (C=O) groups is 2. The molecular weight excluding hydrogens is 591 g/mol. The largest absolute Gasteiger partial charge is 0.350 e. The molecule has 0 saturated carbocycles. The Kier molecular flexibility index (Phi) is 10.8. The normalized spacial score (nSPS) is 26.0. The first-order chi connectivity index (χ1) is 20.0. The third-order valence-electron chi connectivity index (χ3n) is 10.1. The summed E-state index contributed by atoms with van der Waals surface area (Å²) in [6, 6.07) is 10.2. The summed E-state index contributed by atoms with van der Waals surface area (Å²) in [7, 11) is 0. The van der Waals surface area contributed by atoms with Gasteiger partial charge in [0.25, 0.3) is 0 Å². The highest BCUT2D eigenvalue weighted by molar-refractivity contribution is 6.30. The molecule has 43 heavy (non-hydrogen) atoms. The summed E-state index contributed by atoms with van der Waals surface area (Å²) in [6.45, 7) is 9.31. The van der Waals surface area contributed by atoms with Gasteiger partial charge in [0.15, 0.2) is 0 Å². The maximum absolute atomic E-state index is 14.9. The average Bonchev–Trinajstić information content (AvgIpc) is 3.21. The van der Waals surface area contributed by atoms with Gasteiger partial charge < -0.3 is 15.5 Å². The zero-order valence-corrected chi connectivity index (χ0v) is 27.2. The molecule has 3 aliphatic rings. The lowest BCUT2D eigenvalue weighted by molar-refractivity contribution is -0.139. The summed E-state index contributed by atoms with van der Waals surface area (Å²) in [5.41, 5.74) is 2.48. The van der Waals surface area contributed by atoms with Gasteiger partial charge in [0.05, 0.1) is 6.04 Å². The minimum Gasteiger partial charge on any atom is -0.350 e. The number of hydrogen-bond donors (Lipinski definition) is 2. The van der Waals surface area contributed by atoms with E-state index in [2.05, 4.69) is 42.4 Å². The number of hydrogen-bond acceptors (Lipinski definition) is 3. The number of nitrogens with one attached hydrogen (secondary N) is 2. The second-order valence-electron chi connectivity index (χ2n) is 13.3. The quantitative estimate of drug-likeness (QED) is 0.313. The van der Waals surface area contributed by atoms with Gasteiger partial charge in [-0.25, -0.2) is 8.78 Å². The second kappa shape index (κ2) is 13.8. The Morgan fingerprint density at radius 1 is 1.07 bits per heavy atom. The minimum atomic E-state index is -0.573. The van der Waals surface area contributed by atoms with E-state index < -0.39 is 11.6 Å². The average molecular weight is 637 g/mol. The lowest BCUT2D eigenvalue weighted by Crippen LogP contribution is -2.49. The standard InChI is InChI=1S/C34H44ClF2N3O2.ClH/c1-5-32(39-20(2)41)28-16-22(35)6-10-26(28)21-14-24-8-9-25(15-21)40(24)33(42)18-34(3,4)30-12-13-38-19-29(30)27-11-7-23(36)17-31(27)37;/h6-7,10-11,16-17,21,24-25,29-30,32,38H,5,8-9,12-15,18-19H2,1-4H3,(H,39,41);1H/t21?,24?,25?,29-,30+,32?;/m0./s1. The van der Waals surface area contributed by atoms with Crippen LogP contribution >= 0.6 is 24.0 Å². The van der Waals surface area contributed by atoms with Crippen molar-refractivity contribution >= 4 is 35.8 Å². The smallest absolute Gasteiger partial charge is 0.223 e. The van der Waals surface area contributed by atoms with Gasteiger partial charge >= 0.3 is 0 Å². The van der Waals surface area contributed by atoms with Gasteiger partial charge in [-0.3, -0.25) is 9.59 Å². The molecular formula is C34H45Cl2F2N3O2. The predicted octanol–water partition coefficient (Wildman–Crippen LogP) is 7.67. The lowest BCUT2D eigenvalue weighted by atomic mass is 9.65. The van der Waals surface area contributed by atoms with Crippen LogP contribution in [0.5, 0.6) is 0 Å². The summed E-state index contributed by atoms with van der Waals surface area (Å²) >= 11 is 6.41. The molecule has 236 valence electrons. The number of rotatable bonds is 8. The first kappa shape index (κ1) is 33.7. The lowest BCUT2D eigenvalue weighted by Gasteiger charge is -2.45. The zero-order chi connectivity index (χ0) is 30.2. The molecule has 3 aliphatic heterocycles. The maximum Gasteiger partial charge on any atom is 0.223 e. The van der Waals surface area contributed by atoms with Crippen LogP contribution in [-0.2, 0) is 9.59 Å². The Labute approximate surface area is 265 Å². The molecule has 0 aliphatic carbocycles. The molecule has 2 aromatic rings. The van der Waals surface area contributed by atoms with Crippen molar-refractivity contribution in [2.24, 2.45) is 11.3 Å². The summed E-state index contributed by atoms with van der Waals surface area (Å²) < 4.78 is 28.5. The van der Waals surface area contributed by atoms with Crippen LogP contribution in [0.15, 0.2) is 36.4 Å². The fraction of sp³-hybridized carbons (Fsp3) is 0.588. The van der Waals surface area contributed by atoms with E-state index in [1.807, 2.05) is 12.1 Å². The van der Waals surface area contributed by atoms with Gasteiger partial charge in [-0.1, -0.05) is 44.5 Å². The molecule has 5 nitrogen and oxygen atoms in total. The van der Waals surface area contributed by atoms with E-state index in [1.54, 1.807) is 13.0 Å². The van der Waals surface area contributed by atoms with Gasteiger partial charge in [-0.05, 0) is 97.2 Å². The van der Waals surface area contributed by atoms with Crippen molar-refractivity contribution in [2.45, 2.75) is 103 Å². The first-order valence-corrected chi connectivity index (χ1v) is 15.9. The van der Waals surface area contributed by atoms with Crippen LogP contribution in [0.1, 0.15) is 107 Å². The van der Waals surface area contributed by atoms with E-state index >= 15 is 0 Å². The molecule has 9 heteroatoms. The Morgan fingerprint density at radius 2 is 1.74 bits per heavy atom. The summed E-state index contributed by atoms with van der Waals surface area (Å²) in [6.07, 6.45) is 5.79. The van der Waals surface area contributed by atoms with Gasteiger partial charge in [0.1, 0.15) is 11.6 Å². The zero-order valence-electron chi connectivity index (χ0n) is 25.6. The molecule has 3 saturated heterocycles. The molecule has 2 bridgehead atoms. The van der Waals surface area contributed by atoms with E-state index in [1.165, 1.54) is 11.6 Å². The van der Waals surface area contributed by atoms with Crippen LogP contribution in [0.2, 0.25) is 5.02 Å². The second-order valence-corrected chi connectivity index (χ2v) is 13.8. The number of amides is 2. The van der Waals surface area contributed by atoms with Crippen LogP contribution in [-0.4, -0.2) is 41.9 Å². The minimum absolute atomic E-state index is 0. The summed E-state index contributed by atoms with van der Waals surface area (Å²) in [5.74, 6) is -0.697. The van der Waals surface area contributed by atoms with Crippen LogP contribution in [0.3, 0.4) is 0 Å². The molecule has 0 aromatic heterocycles. The van der Waals surface area contributed by atoms with Gasteiger partial charge in [0.2, 0.25) is 11.8 Å². The predicted molar refractivity (Wildman–Crippen MR) is 170 cm³/mol. The molecule has 5 rings (SSSR count). The Hall–Kier alpha value is -2.22. The van der Waals surface area contributed by atoms with E-state index in [9.17, 15) is 18.4 Å². The first-order valence-electron chi connectivity index (χ1n) is 15.5. The van der Waals surface area contributed by atoms with E-state index in [0.717, 1.165) is 56.7 Å². The number of halogens is 4. The third-order valence-corrected chi connectivity index (χ3v) is 10.4. The molecule has 2 N–H and O–H groups in total. The summed E-state index contributed by atoms with van der Waals surface area (Å²) in [5, 5.41) is 7.13. The van der Waals surface area contributed by atoms with Crippen molar-refractivity contribution in [3.63, 3.8) is 0 Å². The van der Waals surface area contributed by atoms with Crippen molar-refractivity contribution in [3.05, 3.63) is 69.7 Å². The number of benzene rings is 2. The van der Waals surface area contributed by atoms with Crippen molar-refractivity contribution in [2.75, 3.05) is 13.1 Å². The molecule has 3 heterocycles. The van der Waals surface area contributed by atoms with Crippen LogP contribution < -0.4 is 10.6 Å². The fourth-order valence-corrected chi connectivity index (χ4v) is 8.42. The van der Waals surface area contributed by atoms with Crippen LogP contribution in [0, 0.1) is 23.0 Å². The van der Waals surface area contributed by atoms with E-state index in [-0.39, 0.29) is 59.6 Å². The monoisotopic (exact) mass is 635 g/mol. The van der Waals surface area contributed by atoms with Gasteiger partial charge in [-0.2, -0.15) is 0 Å². The van der Waals surface area contributed by atoms with Crippen molar-refractivity contribution < 1.29 is 18.4 Å². The summed E-state index contributed by atoms with van der Waals surface area (Å²) in [4.78, 5) is 28.1. The molecule has 2 aromatic carbocycles. The molecule has 2 amide bonds. The SMILES string of the molecule is CCC(NC(C)=O)c1cc(Cl)ccc1C1CC2CCC(C1)N2C(=O)CC(C)(C)[C@@H]1CCNC[C@H]1c1ccc(F)cc1F.Cl. The number of nitrogens with zero attached hydrogens (tertiary/aromatic N) is 1. The maximum atomic E-state index is 14.9. The highest BCUT2D eigenvalue weighted by atomic mass is 35.5. The van der Waals surface area contributed by atoms with Gasteiger partial charge in [0, 0.05) is 49.0 Å². The van der Waals surface area contributed by atoms with E-state index in [0.29, 0.717) is 29.5 Å². The van der Waals surface area contributed by atoms with Crippen molar-refractivity contribution in [1.82, 2.24) is 15.5 Å². The Balaban J connectivity index is 0.00000423. The third kappa shape index (κ3) is 7.20. The Bertz CT molecular complexity index is 1310. The molecule has 0 radical (unpaired) electrons.